The molecule has 2 bridgehead atoms. The fourth-order valence-corrected chi connectivity index (χ4v) is 4.50. The van der Waals surface area contributed by atoms with Crippen molar-refractivity contribution in [3.05, 3.63) is 0 Å². The van der Waals surface area contributed by atoms with Gasteiger partial charge in [0.2, 0.25) is 0 Å². The molecule has 2 N–H and O–H groups in total. The summed E-state index contributed by atoms with van der Waals surface area (Å²) in [5.74, 6) is -0.956. The Hall–Kier alpha value is -0.650. The number of carbonyl (C=O) groups is 1. The average molecular weight is 296 g/mol. The SMILES string of the molecule is CN1C2CCC1CN(CC1(O)CCC(C(=O)O)CC1)CC2. The molecule has 5 nitrogen and oxygen atoms in total. The standard InChI is InChI=1S/C16H28N2O3/c1-17-13-2-3-14(17)10-18(9-6-13)11-16(21)7-4-12(5-8-16)15(19)20/h12-14,21H,2-11H2,1H3,(H,19,20). The summed E-state index contributed by atoms with van der Waals surface area (Å²) in [6.45, 7) is 2.84. The van der Waals surface area contributed by atoms with Crippen LogP contribution in [0.1, 0.15) is 44.9 Å². The third-order valence-corrected chi connectivity index (χ3v) is 6.02. The molecule has 21 heavy (non-hydrogen) atoms. The molecular weight excluding hydrogens is 268 g/mol. The predicted molar refractivity (Wildman–Crippen MR) is 80.2 cm³/mol. The first-order chi connectivity index (χ1) is 9.97. The van der Waals surface area contributed by atoms with Crippen LogP contribution in [0.25, 0.3) is 0 Å². The number of carboxylic acids is 1. The first-order valence-electron chi connectivity index (χ1n) is 8.36. The number of β-amino-alcohol motifs (C(OH)–C–C–N with tert-alkyl or cyclic N) is 1. The summed E-state index contributed by atoms with van der Waals surface area (Å²) in [5.41, 5.74) is -0.673. The number of hydrogen-bond donors (Lipinski definition) is 2. The van der Waals surface area contributed by atoms with Crippen LogP contribution in [0.15, 0.2) is 0 Å². The van der Waals surface area contributed by atoms with E-state index in [1.807, 2.05) is 0 Å². The molecule has 3 fully saturated rings. The van der Waals surface area contributed by atoms with Crippen LogP contribution in [0, 0.1) is 5.92 Å². The molecule has 0 amide bonds. The maximum Gasteiger partial charge on any atom is 0.306 e. The van der Waals surface area contributed by atoms with Crippen molar-refractivity contribution in [1.82, 2.24) is 9.80 Å². The van der Waals surface area contributed by atoms with E-state index in [2.05, 4.69) is 16.8 Å². The van der Waals surface area contributed by atoms with E-state index in [-0.39, 0.29) is 5.92 Å². The van der Waals surface area contributed by atoms with Crippen molar-refractivity contribution >= 4 is 5.97 Å². The number of aliphatic carboxylic acids is 1. The van der Waals surface area contributed by atoms with Gasteiger partial charge in [0.05, 0.1) is 11.5 Å². The van der Waals surface area contributed by atoms with E-state index in [0.717, 1.165) is 25.7 Å². The smallest absolute Gasteiger partial charge is 0.306 e. The Kier molecular flexibility index (Phi) is 4.26. The number of likely N-dealkylation sites (tertiary alicyclic amines) is 1. The summed E-state index contributed by atoms with van der Waals surface area (Å²) >= 11 is 0. The molecule has 3 aliphatic rings. The fraction of sp³-hybridized carbons (Fsp3) is 0.938. The second-order valence-corrected chi connectivity index (χ2v) is 7.41. The Labute approximate surface area is 126 Å². The van der Waals surface area contributed by atoms with Crippen LogP contribution in [0.2, 0.25) is 0 Å². The Balaban J connectivity index is 1.55. The minimum absolute atomic E-state index is 0.253. The molecule has 3 rings (SSSR count). The van der Waals surface area contributed by atoms with Gasteiger partial charge in [0.1, 0.15) is 0 Å². The summed E-state index contributed by atoms with van der Waals surface area (Å²) in [6, 6.07) is 1.36. The van der Waals surface area contributed by atoms with Crippen LogP contribution in [0.4, 0.5) is 0 Å². The molecule has 2 aliphatic heterocycles. The van der Waals surface area contributed by atoms with Crippen LogP contribution in [0.3, 0.4) is 0 Å². The van der Waals surface area contributed by atoms with Crippen LogP contribution < -0.4 is 0 Å². The second kappa shape index (κ2) is 5.86. The number of fused-ring (bicyclic) bond motifs is 2. The summed E-state index contributed by atoms with van der Waals surface area (Å²) in [6.07, 6.45) is 6.28. The fourth-order valence-electron chi connectivity index (χ4n) is 4.50. The van der Waals surface area contributed by atoms with Gasteiger partial charge >= 0.3 is 5.97 Å². The highest BCUT2D eigenvalue weighted by Gasteiger charge is 2.40. The molecule has 1 aliphatic carbocycles. The van der Waals surface area contributed by atoms with Gasteiger partial charge in [-0.05, 0) is 58.5 Å². The lowest BCUT2D eigenvalue weighted by molar-refractivity contribution is -0.145. The van der Waals surface area contributed by atoms with Crippen molar-refractivity contribution in [1.29, 1.82) is 0 Å². The molecular formula is C16H28N2O3. The predicted octanol–water partition coefficient (Wildman–Crippen LogP) is 1.16. The van der Waals surface area contributed by atoms with Gasteiger partial charge in [-0.15, -0.1) is 0 Å². The van der Waals surface area contributed by atoms with Gasteiger partial charge in [0.15, 0.2) is 0 Å². The first-order valence-corrected chi connectivity index (χ1v) is 8.36. The molecule has 120 valence electrons. The van der Waals surface area contributed by atoms with Crippen molar-refractivity contribution in [2.24, 2.45) is 5.92 Å². The number of nitrogens with zero attached hydrogens (tertiary/aromatic N) is 2. The lowest BCUT2D eigenvalue weighted by Gasteiger charge is -2.39. The molecule has 0 radical (unpaired) electrons. The van der Waals surface area contributed by atoms with E-state index in [9.17, 15) is 9.90 Å². The van der Waals surface area contributed by atoms with E-state index in [1.54, 1.807) is 0 Å². The van der Waals surface area contributed by atoms with Gasteiger partial charge in [-0.3, -0.25) is 14.6 Å². The van der Waals surface area contributed by atoms with E-state index in [4.69, 9.17) is 5.11 Å². The summed E-state index contributed by atoms with van der Waals surface area (Å²) in [5, 5.41) is 19.9. The lowest BCUT2D eigenvalue weighted by atomic mass is 9.78. The van der Waals surface area contributed by atoms with E-state index in [0.29, 0.717) is 31.7 Å². The van der Waals surface area contributed by atoms with Gasteiger partial charge in [-0.1, -0.05) is 0 Å². The van der Waals surface area contributed by atoms with Crippen molar-refractivity contribution in [2.45, 2.75) is 62.6 Å². The minimum atomic E-state index is -0.703. The summed E-state index contributed by atoms with van der Waals surface area (Å²) < 4.78 is 0. The van der Waals surface area contributed by atoms with Crippen LogP contribution in [0.5, 0.6) is 0 Å². The highest BCUT2D eigenvalue weighted by atomic mass is 16.4. The molecule has 0 aromatic rings. The number of hydrogen-bond acceptors (Lipinski definition) is 4. The third kappa shape index (κ3) is 3.25. The molecule has 0 spiro atoms. The molecule has 0 aromatic heterocycles. The van der Waals surface area contributed by atoms with Gasteiger partial charge in [0, 0.05) is 25.2 Å². The number of carboxylic acid groups (broad SMARTS) is 1. The maximum absolute atomic E-state index is 11.0. The minimum Gasteiger partial charge on any atom is -0.481 e. The number of likely N-dealkylation sites (N-methyl/N-ethyl adjacent to an activating group) is 1. The zero-order valence-corrected chi connectivity index (χ0v) is 13.0. The van der Waals surface area contributed by atoms with Crippen LogP contribution in [-0.4, -0.2) is 70.3 Å². The van der Waals surface area contributed by atoms with Crippen molar-refractivity contribution in [3.8, 4) is 0 Å². The van der Waals surface area contributed by atoms with Crippen LogP contribution in [-0.2, 0) is 4.79 Å². The highest BCUT2D eigenvalue weighted by molar-refractivity contribution is 5.70. The maximum atomic E-state index is 11.0. The summed E-state index contributed by atoms with van der Waals surface area (Å²) in [4.78, 5) is 16.0. The van der Waals surface area contributed by atoms with Crippen molar-refractivity contribution in [2.75, 3.05) is 26.7 Å². The second-order valence-electron chi connectivity index (χ2n) is 7.41. The number of aliphatic hydroxyl groups is 1. The zero-order chi connectivity index (χ0) is 15.0. The molecule has 2 saturated heterocycles. The Bertz CT molecular complexity index is 393. The highest BCUT2D eigenvalue weighted by Crippen LogP contribution is 2.34. The molecule has 2 unspecified atom stereocenters. The largest absolute Gasteiger partial charge is 0.481 e. The molecule has 2 heterocycles. The lowest BCUT2D eigenvalue weighted by Crippen LogP contribution is -2.48. The summed E-state index contributed by atoms with van der Waals surface area (Å²) in [7, 11) is 2.23. The van der Waals surface area contributed by atoms with Gasteiger partial charge in [-0.2, -0.15) is 0 Å². The normalized spacial score (nSPS) is 41.9. The van der Waals surface area contributed by atoms with E-state index in [1.165, 1.54) is 19.3 Å². The Morgan fingerprint density at radius 1 is 1.14 bits per heavy atom. The van der Waals surface area contributed by atoms with E-state index < -0.39 is 11.6 Å². The topological polar surface area (TPSA) is 64.0 Å². The molecule has 5 heteroatoms. The zero-order valence-electron chi connectivity index (χ0n) is 13.0. The number of rotatable bonds is 3. The van der Waals surface area contributed by atoms with Crippen LogP contribution >= 0.6 is 0 Å². The molecule has 2 atom stereocenters. The third-order valence-electron chi connectivity index (χ3n) is 6.02. The molecule has 1 saturated carbocycles. The quantitative estimate of drug-likeness (QED) is 0.818. The van der Waals surface area contributed by atoms with Crippen molar-refractivity contribution < 1.29 is 15.0 Å². The average Bonchev–Trinajstić information content (AvgIpc) is 2.68. The van der Waals surface area contributed by atoms with Gasteiger partial charge in [-0.25, -0.2) is 0 Å². The van der Waals surface area contributed by atoms with Crippen molar-refractivity contribution in [3.63, 3.8) is 0 Å². The Morgan fingerprint density at radius 3 is 2.48 bits per heavy atom. The van der Waals surface area contributed by atoms with Gasteiger partial charge in [0.25, 0.3) is 0 Å². The van der Waals surface area contributed by atoms with Gasteiger partial charge < -0.3 is 10.2 Å². The van der Waals surface area contributed by atoms with E-state index >= 15 is 0 Å². The monoisotopic (exact) mass is 296 g/mol. The Morgan fingerprint density at radius 2 is 1.81 bits per heavy atom. The molecule has 0 aromatic carbocycles. The first kappa shape index (κ1) is 15.3.